The minimum atomic E-state index is -0.0268. The number of ether oxygens (including phenoxy) is 2. The molecular weight excluding hydrogens is 425 g/mol. The molecule has 1 saturated carbocycles. The molecule has 3 fully saturated rings. The lowest BCUT2D eigenvalue weighted by Crippen LogP contribution is -2.42. The second-order valence-corrected chi connectivity index (χ2v) is 8.27. The molecule has 1 aromatic carbocycles. The van der Waals surface area contributed by atoms with Gasteiger partial charge < -0.3 is 20.1 Å². The van der Waals surface area contributed by atoms with Gasteiger partial charge in [0.1, 0.15) is 12.4 Å². The Morgan fingerprint density at radius 2 is 2.00 bits per heavy atom. The van der Waals surface area contributed by atoms with Gasteiger partial charge in [-0.15, -0.1) is 24.8 Å². The molecule has 2 saturated heterocycles. The Kier molecular flexibility index (Phi) is 10.7. The van der Waals surface area contributed by atoms with E-state index in [-0.39, 0.29) is 36.8 Å². The summed E-state index contributed by atoms with van der Waals surface area (Å²) < 4.78 is 11.3. The highest BCUT2D eigenvalue weighted by molar-refractivity contribution is 5.85. The van der Waals surface area contributed by atoms with Crippen molar-refractivity contribution in [2.75, 3.05) is 39.5 Å². The number of hydrogen-bond donors (Lipinski definition) is 2. The third-order valence-corrected chi connectivity index (χ3v) is 6.32. The van der Waals surface area contributed by atoms with Gasteiger partial charge in [-0.3, -0.25) is 9.69 Å². The van der Waals surface area contributed by atoms with Crippen LogP contribution < -0.4 is 15.4 Å². The van der Waals surface area contributed by atoms with E-state index in [4.69, 9.17) is 9.47 Å². The number of nitrogens with zero attached hydrogens (tertiary/aromatic N) is 1. The number of carbonyl (C=O) groups is 1. The monoisotopic (exact) mass is 459 g/mol. The molecule has 4 rings (SSSR count). The second-order valence-electron chi connectivity index (χ2n) is 8.27. The zero-order chi connectivity index (χ0) is 19.2. The highest BCUT2D eigenvalue weighted by atomic mass is 35.5. The van der Waals surface area contributed by atoms with Gasteiger partial charge in [-0.2, -0.15) is 0 Å². The molecular formula is C22H35Cl2N3O3. The molecule has 1 amide bonds. The Morgan fingerprint density at radius 1 is 1.20 bits per heavy atom. The van der Waals surface area contributed by atoms with Crippen molar-refractivity contribution >= 4 is 30.7 Å². The maximum absolute atomic E-state index is 12.6. The van der Waals surface area contributed by atoms with Crippen LogP contribution in [0.25, 0.3) is 0 Å². The molecule has 1 aromatic rings. The molecule has 30 heavy (non-hydrogen) atoms. The third kappa shape index (κ3) is 6.99. The van der Waals surface area contributed by atoms with E-state index in [2.05, 4.69) is 15.5 Å². The van der Waals surface area contributed by atoms with Gasteiger partial charge in [0.05, 0.1) is 19.3 Å². The van der Waals surface area contributed by atoms with E-state index in [0.29, 0.717) is 25.1 Å². The number of amides is 1. The molecule has 0 spiro atoms. The zero-order valence-corrected chi connectivity index (χ0v) is 19.1. The molecule has 8 heteroatoms. The number of fused-ring (bicyclic) bond motifs is 1. The van der Waals surface area contributed by atoms with Gasteiger partial charge in [0, 0.05) is 32.2 Å². The van der Waals surface area contributed by atoms with E-state index in [1.165, 1.54) is 25.7 Å². The Hall–Kier alpha value is -1.05. The highest BCUT2D eigenvalue weighted by Crippen LogP contribution is 2.33. The first kappa shape index (κ1) is 25.2. The van der Waals surface area contributed by atoms with Gasteiger partial charge in [-0.25, -0.2) is 0 Å². The Balaban J connectivity index is 0.00000160. The molecule has 2 heterocycles. The average molecular weight is 460 g/mol. The summed E-state index contributed by atoms with van der Waals surface area (Å²) in [5.74, 6) is 1.69. The summed E-state index contributed by atoms with van der Waals surface area (Å²) in [5, 5.41) is 6.66. The van der Waals surface area contributed by atoms with Gasteiger partial charge in [-0.05, 0) is 42.9 Å². The lowest BCUT2D eigenvalue weighted by molar-refractivity contribution is -0.123. The summed E-state index contributed by atoms with van der Waals surface area (Å²) >= 11 is 0. The van der Waals surface area contributed by atoms with E-state index in [9.17, 15) is 4.79 Å². The van der Waals surface area contributed by atoms with Crippen molar-refractivity contribution in [3.63, 3.8) is 0 Å². The molecule has 3 aliphatic rings. The Labute approximate surface area is 192 Å². The first-order valence-corrected chi connectivity index (χ1v) is 10.8. The largest absolute Gasteiger partial charge is 0.492 e. The van der Waals surface area contributed by atoms with E-state index in [1.54, 1.807) is 0 Å². The summed E-state index contributed by atoms with van der Waals surface area (Å²) in [6.45, 7) is 5.72. The minimum Gasteiger partial charge on any atom is -0.492 e. The van der Waals surface area contributed by atoms with Crippen molar-refractivity contribution in [2.24, 2.45) is 5.92 Å². The number of nitrogens with one attached hydrogen (secondary N) is 2. The van der Waals surface area contributed by atoms with Crippen molar-refractivity contribution in [3.05, 3.63) is 29.8 Å². The van der Waals surface area contributed by atoms with Crippen LogP contribution in [0.5, 0.6) is 5.75 Å². The molecule has 3 unspecified atom stereocenters. The number of benzene rings is 1. The van der Waals surface area contributed by atoms with Gasteiger partial charge in [0.15, 0.2) is 0 Å². The van der Waals surface area contributed by atoms with Crippen LogP contribution in [0.2, 0.25) is 0 Å². The summed E-state index contributed by atoms with van der Waals surface area (Å²) in [6.07, 6.45) is 6.08. The fourth-order valence-electron chi connectivity index (χ4n) is 4.70. The Bertz CT molecular complexity index is 644. The topological polar surface area (TPSA) is 62.8 Å². The van der Waals surface area contributed by atoms with Crippen LogP contribution >= 0.6 is 24.8 Å². The van der Waals surface area contributed by atoms with Crippen LogP contribution in [0.15, 0.2) is 24.3 Å². The SMILES string of the molecule is Cl.Cl.O=C(NCc1cccc(OCCN2CCOCC2)c1)C1CC2CCCCC2N1. The third-order valence-electron chi connectivity index (χ3n) is 6.32. The molecule has 2 aliphatic heterocycles. The average Bonchev–Trinajstić information content (AvgIpc) is 3.18. The van der Waals surface area contributed by atoms with Crippen LogP contribution in [0.1, 0.15) is 37.7 Å². The molecule has 6 nitrogen and oxygen atoms in total. The van der Waals surface area contributed by atoms with Crippen LogP contribution in [-0.2, 0) is 16.1 Å². The summed E-state index contributed by atoms with van der Waals surface area (Å²) in [4.78, 5) is 14.9. The van der Waals surface area contributed by atoms with Gasteiger partial charge >= 0.3 is 0 Å². The zero-order valence-electron chi connectivity index (χ0n) is 17.5. The normalized spacial score (nSPS) is 26.1. The second kappa shape index (κ2) is 12.7. The number of hydrogen-bond acceptors (Lipinski definition) is 5. The van der Waals surface area contributed by atoms with Gasteiger partial charge in [0.2, 0.25) is 5.91 Å². The van der Waals surface area contributed by atoms with E-state index >= 15 is 0 Å². The summed E-state index contributed by atoms with van der Waals surface area (Å²) in [6, 6.07) is 8.56. The standard InChI is InChI=1S/C22H33N3O3.2ClH/c26-22(21-15-18-5-1-2-7-20(18)24-21)23-16-17-4-3-6-19(14-17)28-13-10-25-8-11-27-12-9-25;;/h3-4,6,14,18,20-21,24H,1-2,5,7-13,15-16H2,(H,23,26);2*1H. The van der Waals surface area contributed by atoms with Crippen LogP contribution in [0.3, 0.4) is 0 Å². The number of halogens is 2. The van der Waals surface area contributed by atoms with Crippen LogP contribution in [0.4, 0.5) is 0 Å². The molecule has 1 aliphatic carbocycles. The fraction of sp³-hybridized carbons (Fsp3) is 0.682. The Morgan fingerprint density at radius 3 is 2.80 bits per heavy atom. The highest BCUT2D eigenvalue weighted by Gasteiger charge is 2.37. The van der Waals surface area contributed by atoms with Crippen molar-refractivity contribution < 1.29 is 14.3 Å². The lowest BCUT2D eigenvalue weighted by atomic mass is 9.85. The molecule has 0 bridgehead atoms. The van der Waals surface area contributed by atoms with Gasteiger partial charge in [-0.1, -0.05) is 25.0 Å². The predicted molar refractivity (Wildman–Crippen MR) is 123 cm³/mol. The molecule has 0 aromatic heterocycles. The quantitative estimate of drug-likeness (QED) is 0.656. The number of carbonyl (C=O) groups excluding carboxylic acids is 1. The summed E-state index contributed by atoms with van der Waals surface area (Å²) in [5.41, 5.74) is 1.08. The first-order chi connectivity index (χ1) is 13.8. The van der Waals surface area contributed by atoms with E-state index < -0.39 is 0 Å². The van der Waals surface area contributed by atoms with Crippen molar-refractivity contribution in [3.8, 4) is 5.75 Å². The van der Waals surface area contributed by atoms with Gasteiger partial charge in [0.25, 0.3) is 0 Å². The molecule has 2 N–H and O–H groups in total. The van der Waals surface area contributed by atoms with Crippen LogP contribution in [-0.4, -0.2) is 62.3 Å². The minimum absolute atomic E-state index is 0. The lowest BCUT2D eigenvalue weighted by Gasteiger charge is -2.26. The van der Waals surface area contributed by atoms with Crippen molar-refractivity contribution in [1.29, 1.82) is 0 Å². The maximum atomic E-state index is 12.6. The fourth-order valence-corrected chi connectivity index (χ4v) is 4.70. The van der Waals surface area contributed by atoms with Crippen molar-refractivity contribution in [1.82, 2.24) is 15.5 Å². The van der Waals surface area contributed by atoms with Crippen molar-refractivity contribution in [2.45, 2.75) is 50.7 Å². The van der Waals surface area contributed by atoms with Crippen LogP contribution in [0, 0.1) is 5.92 Å². The molecule has 170 valence electrons. The smallest absolute Gasteiger partial charge is 0.237 e. The number of morpholine rings is 1. The summed E-state index contributed by atoms with van der Waals surface area (Å²) in [7, 11) is 0. The van der Waals surface area contributed by atoms with E-state index in [1.807, 2.05) is 24.3 Å². The first-order valence-electron chi connectivity index (χ1n) is 10.8. The number of rotatable bonds is 7. The predicted octanol–water partition coefficient (Wildman–Crippen LogP) is 2.78. The molecule has 3 atom stereocenters. The van der Waals surface area contributed by atoms with E-state index in [0.717, 1.165) is 50.6 Å². The maximum Gasteiger partial charge on any atom is 0.237 e. The molecule has 0 radical (unpaired) electrons.